The van der Waals surface area contributed by atoms with Gasteiger partial charge in [-0.25, -0.2) is 0 Å². The van der Waals surface area contributed by atoms with E-state index < -0.39 is 0 Å². The number of hydrogen-bond donors (Lipinski definition) is 0. The molecule has 3 aliphatic rings. The van der Waals surface area contributed by atoms with Gasteiger partial charge in [-0.3, -0.25) is 9.69 Å². The van der Waals surface area contributed by atoms with Crippen LogP contribution in [0.4, 0.5) is 0 Å². The summed E-state index contributed by atoms with van der Waals surface area (Å²) < 4.78 is 6.29. The number of carbonyl (C=O) groups excluding carboxylic acids is 1. The van der Waals surface area contributed by atoms with Gasteiger partial charge in [-0.1, -0.05) is 12.5 Å². The molecule has 5 rings (SSSR count). The predicted octanol–water partition coefficient (Wildman–Crippen LogP) is 3.80. The second kappa shape index (κ2) is 8.72. The molecule has 2 aromatic rings. The second-order valence-corrected chi connectivity index (χ2v) is 9.02. The third kappa shape index (κ3) is 4.31. The summed E-state index contributed by atoms with van der Waals surface area (Å²) in [5.74, 6) is 0.933. The van der Waals surface area contributed by atoms with E-state index in [1.54, 1.807) is 24.3 Å². The predicted molar refractivity (Wildman–Crippen MR) is 119 cm³/mol. The highest BCUT2D eigenvalue weighted by atomic mass is 16.5. The van der Waals surface area contributed by atoms with Crippen LogP contribution in [-0.4, -0.2) is 54.0 Å². The number of ether oxygens (including phenoxy) is 1. The molecule has 2 heterocycles. The fourth-order valence-corrected chi connectivity index (χ4v) is 4.98. The molecule has 1 saturated carbocycles. The molecule has 31 heavy (non-hydrogen) atoms. The summed E-state index contributed by atoms with van der Waals surface area (Å²) in [4.78, 5) is 17.3. The molecular formula is C26H29N3O2. The minimum Gasteiger partial charge on any atom is -0.489 e. The molecule has 160 valence electrons. The largest absolute Gasteiger partial charge is 0.489 e. The minimum absolute atomic E-state index is 0.00797. The van der Waals surface area contributed by atoms with Crippen molar-refractivity contribution in [3.63, 3.8) is 0 Å². The standard InChI is InChI=1S/C26H29N3O2/c27-17-19-4-6-21(7-5-19)26(30)29-15-12-25(18-29)31-24-9-8-20-10-13-28(23-2-1-3-23)14-11-22(20)16-24/h4-9,16,23,25H,1-3,10-15,18H2. The number of likely N-dealkylation sites (tertiary alicyclic amines) is 1. The van der Waals surface area contributed by atoms with E-state index in [0.717, 1.165) is 37.6 Å². The average Bonchev–Trinajstić information content (AvgIpc) is 3.13. The highest BCUT2D eigenvalue weighted by Crippen LogP contribution is 2.29. The molecule has 0 N–H and O–H groups in total. The van der Waals surface area contributed by atoms with Gasteiger partial charge in [-0.05, 0) is 73.2 Å². The van der Waals surface area contributed by atoms with E-state index in [0.29, 0.717) is 24.2 Å². The molecule has 1 unspecified atom stereocenters. The van der Waals surface area contributed by atoms with Gasteiger partial charge < -0.3 is 9.64 Å². The molecular weight excluding hydrogens is 386 g/mol. The van der Waals surface area contributed by atoms with Crippen LogP contribution in [0.5, 0.6) is 5.75 Å². The minimum atomic E-state index is 0.00797. The molecule has 5 heteroatoms. The zero-order chi connectivity index (χ0) is 21.2. The number of hydrogen-bond acceptors (Lipinski definition) is 4. The van der Waals surface area contributed by atoms with Crippen molar-refractivity contribution in [1.82, 2.24) is 9.80 Å². The first kappa shape index (κ1) is 20.1. The first-order valence-corrected chi connectivity index (χ1v) is 11.5. The van der Waals surface area contributed by atoms with Crippen LogP contribution in [0.3, 0.4) is 0 Å². The van der Waals surface area contributed by atoms with E-state index in [-0.39, 0.29) is 12.0 Å². The van der Waals surface area contributed by atoms with E-state index in [1.165, 1.54) is 36.9 Å². The SMILES string of the molecule is N#Cc1ccc(C(=O)N2CCC(Oc3ccc4c(c3)CCN(C3CCC3)CC4)C2)cc1. The Kier molecular flexibility index (Phi) is 5.65. The number of fused-ring (bicyclic) bond motifs is 1. The molecule has 0 bridgehead atoms. The lowest BCUT2D eigenvalue weighted by molar-refractivity contribution is 0.0772. The topological polar surface area (TPSA) is 56.6 Å². The van der Waals surface area contributed by atoms with Crippen LogP contribution >= 0.6 is 0 Å². The van der Waals surface area contributed by atoms with Crippen molar-refractivity contribution in [2.24, 2.45) is 0 Å². The van der Waals surface area contributed by atoms with Crippen molar-refractivity contribution >= 4 is 5.91 Å². The zero-order valence-corrected chi connectivity index (χ0v) is 17.9. The highest BCUT2D eigenvalue weighted by Gasteiger charge is 2.29. The highest BCUT2D eigenvalue weighted by molar-refractivity contribution is 5.94. The maximum absolute atomic E-state index is 12.8. The molecule has 0 radical (unpaired) electrons. The van der Waals surface area contributed by atoms with Crippen LogP contribution in [0, 0.1) is 11.3 Å². The van der Waals surface area contributed by atoms with E-state index in [1.807, 2.05) is 4.90 Å². The first-order chi connectivity index (χ1) is 15.2. The van der Waals surface area contributed by atoms with Crippen LogP contribution < -0.4 is 4.74 Å². The Bertz CT molecular complexity index is 991. The monoisotopic (exact) mass is 415 g/mol. The van der Waals surface area contributed by atoms with Crippen LogP contribution in [-0.2, 0) is 12.8 Å². The lowest BCUT2D eigenvalue weighted by atomic mass is 9.91. The molecule has 1 atom stereocenters. The number of benzene rings is 2. The van der Waals surface area contributed by atoms with Crippen molar-refractivity contribution in [2.45, 2.75) is 50.7 Å². The van der Waals surface area contributed by atoms with E-state index in [9.17, 15) is 4.79 Å². The summed E-state index contributed by atoms with van der Waals surface area (Å²) in [6, 6.07) is 16.3. The van der Waals surface area contributed by atoms with Crippen molar-refractivity contribution < 1.29 is 9.53 Å². The van der Waals surface area contributed by atoms with Crippen LogP contribution in [0.2, 0.25) is 0 Å². The Morgan fingerprint density at radius 2 is 1.74 bits per heavy atom. The summed E-state index contributed by atoms with van der Waals surface area (Å²) >= 11 is 0. The van der Waals surface area contributed by atoms with Gasteiger partial charge in [0.2, 0.25) is 0 Å². The van der Waals surface area contributed by atoms with Gasteiger partial charge in [-0.2, -0.15) is 5.26 Å². The van der Waals surface area contributed by atoms with E-state index >= 15 is 0 Å². The van der Waals surface area contributed by atoms with E-state index in [4.69, 9.17) is 10.00 Å². The Balaban J connectivity index is 1.19. The summed E-state index contributed by atoms with van der Waals surface area (Å²) in [6.07, 6.45) is 7.21. The maximum atomic E-state index is 12.8. The molecule has 2 aliphatic heterocycles. The van der Waals surface area contributed by atoms with Gasteiger partial charge in [0.05, 0.1) is 18.2 Å². The van der Waals surface area contributed by atoms with Crippen LogP contribution in [0.1, 0.15) is 52.7 Å². The van der Waals surface area contributed by atoms with Crippen molar-refractivity contribution in [3.8, 4) is 11.8 Å². The van der Waals surface area contributed by atoms with Gasteiger partial charge in [0.25, 0.3) is 5.91 Å². The molecule has 5 nitrogen and oxygen atoms in total. The van der Waals surface area contributed by atoms with Crippen molar-refractivity contribution in [2.75, 3.05) is 26.2 Å². The number of amides is 1. The summed E-state index contributed by atoms with van der Waals surface area (Å²) in [5, 5.41) is 8.93. The van der Waals surface area contributed by atoms with Gasteiger partial charge >= 0.3 is 0 Å². The molecule has 2 fully saturated rings. The first-order valence-electron chi connectivity index (χ1n) is 11.5. The number of nitrogens with zero attached hydrogens (tertiary/aromatic N) is 3. The molecule has 1 saturated heterocycles. The lowest BCUT2D eigenvalue weighted by Crippen LogP contribution is -2.41. The molecule has 1 amide bonds. The van der Waals surface area contributed by atoms with E-state index in [2.05, 4.69) is 29.2 Å². The Labute approximate surface area is 184 Å². The van der Waals surface area contributed by atoms with Crippen LogP contribution in [0.25, 0.3) is 0 Å². The normalized spacial score (nSPS) is 21.6. The molecule has 0 aromatic heterocycles. The maximum Gasteiger partial charge on any atom is 0.253 e. The number of rotatable bonds is 4. The molecule has 1 aliphatic carbocycles. The smallest absolute Gasteiger partial charge is 0.253 e. The zero-order valence-electron chi connectivity index (χ0n) is 17.9. The fraction of sp³-hybridized carbons (Fsp3) is 0.462. The van der Waals surface area contributed by atoms with Gasteiger partial charge in [0.1, 0.15) is 11.9 Å². The van der Waals surface area contributed by atoms with Crippen molar-refractivity contribution in [1.29, 1.82) is 5.26 Å². The number of carbonyl (C=O) groups is 1. The van der Waals surface area contributed by atoms with Gasteiger partial charge in [0, 0.05) is 37.7 Å². The third-order valence-electron chi connectivity index (χ3n) is 7.10. The van der Waals surface area contributed by atoms with Crippen LogP contribution in [0.15, 0.2) is 42.5 Å². The third-order valence-corrected chi connectivity index (χ3v) is 7.10. The summed E-state index contributed by atoms with van der Waals surface area (Å²) in [7, 11) is 0. The quantitative estimate of drug-likeness (QED) is 0.762. The van der Waals surface area contributed by atoms with Gasteiger partial charge in [0.15, 0.2) is 0 Å². The Morgan fingerprint density at radius 3 is 2.45 bits per heavy atom. The summed E-state index contributed by atoms with van der Waals surface area (Å²) in [5.41, 5.74) is 4.07. The average molecular weight is 416 g/mol. The molecule has 0 spiro atoms. The summed E-state index contributed by atoms with van der Waals surface area (Å²) in [6.45, 7) is 3.63. The lowest BCUT2D eigenvalue weighted by Gasteiger charge is -2.36. The number of nitriles is 1. The Hall–Kier alpha value is -2.84. The van der Waals surface area contributed by atoms with Gasteiger partial charge in [-0.15, -0.1) is 0 Å². The molecule has 2 aromatic carbocycles. The second-order valence-electron chi connectivity index (χ2n) is 9.02. The Morgan fingerprint density at radius 1 is 0.968 bits per heavy atom. The fourth-order valence-electron chi connectivity index (χ4n) is 4.98. The van der Waals surface area contributed by atoms with Crippen molar-refractivity contribution in [3.05, 3.63) is 64.7 Å².